The first-order chi connectivity index (χ1) is 4.68. The molecule has 11 heavy (non-hydrogen) atoms. The maximum absolute atomic E-state index is 9.98. The summed E-state index contributed by atoms with van der Waals surface area (Å²) >= 11 is 5.00. The Balaban J connectivity index is 0.000001000. The molecule has 1 aromatic heterocycles. The third-order valence-electron chi connectivity index (χ3n) is 0.752. The largest absolute Gasteiger partial charge is 1.00 e. The van der Waals surface area contributed by atoms with Gasteiger partial charge in [-0.15, -0.1) is 22.8 Å². The SMILES string of the molecule is O=C([O-])Cc1nnc(S)s1.[Na+]. The average molecular weight is 198 g/mol. The number of rotatable bonds is 2. The molecule has 1 heterocycles. The number of nitrogens with zero attached hydrogens (tertiary/aromatic N) is 2. The second kappa shape index (κ2) is 5.10. The van der Waals surface area contributed by atoms with Crippen LogP contribution in [-0.2, 0) is 11.2 Å². The monoisotopic (exact) mass is 198 g/mol. The van der Waals surface area contributed by atoms with E-state index in [2.05, 4.69) is 22.8 Å². The van der Waals surface area contributed by atoms with Crippen molar-refractivity contribution < 1.29 is 39.5 Å². The van der Waals surface area contributed by atoms with Gasteiger partial charge in [0.2, 0.25) is 0 Å². The summed E-state index contributed by atoms with van der Waals surface area (Å²) in [4.78, 5) is 9.98. The number of thiol groups is 1. The van der Waals surface area contributed by atoms with Gasteiger partial charge in [-0.3, -0.25) is 0 Å². The number of carboxylic acid groups (broad SMARTS) is 1. The van der Waals surface area contributed by atoms with E-state index in [9.17, 15) is 9.90 Å². The number of carboxylic acids is 1. The van der Waals surface area contributed by atoms with Crippen LogP contribution in [0.4, 0.5) is 0 Å². The molecular formula is C4H3N2NaO2S2. The predicted octanol–water partition coefficient (Wildman–Crippen LogP) is -3.88. The third kappa shape index (κ3) is 4.07. The van der Waals surface area contributed by atoms with Crippen molar-refractivity contribution in [1.29, 1.82) is 0 Å². The average Bonchev–Trinajstić information content (AvgIpc) is 2.13. The Morgan fingerprint density at radius 3 is 2.64 bits per heavy atom. The Labute approximate surface area is 94.7 Å². The van der Waals surface area contributed by atoms with Crippen LogP contribution in [0.2, 0.25) is 0 Å². The van der Waals surface area contributed by atoms with Crippen molar-refractivity contribution in [1.82, 2.24) is 10.2 Å². The smallest absolute Gasteiger partial charge is 0.550 e. The molecule has 0 aromatic carbocycles. The van der Waals surface area contributed by atoms with E-state index < -0.39 is 5.97 Å². The Hall–Kier alpha value is 0.380. The second-order valence-corrected chi connectivity index (χ2v) is 3.32. The first kappa shape index (κ1) is 11.4. The fourth-order valence-electron chi connectivity index (χ4n) is 0.440. The standard InChI is InChI=1S/C4H4N2O2S2.Na/c7-3(8)1-2-5-6-4(9)10-2;/h1H2,(H,6,9)(H,7,8);/q;+1/p-1. The van der Waals surface area contributed by atoms with Gasteiger partial charge in [-0.05, 0) is 0 Å². The van der Waals surface area contributed by atoms with Crippen molar-refractivity contribution in [2.24, 2.45) is 0 Å². The van der Waals surface area contributed by atoms with Gasteiger partial charge in [0.1, 0.15) is 5.01 Å². The molecule has 0 saturated carbocycles. The fraction of sp³-hybridized carbons (Fsp3) is 0.250. The van der Waals surface area contributed by atoms with E-state index in [-0.39, 0.29) is 36.0 Å². The molecule has 0 aliphatic carbocycles. The first-order valence-electron chi connectivity index (χ1n) is 2.39. The van der Waals surface area contributed by atoms with Crippen LogP contribution in [0.15, 0.2) is 4.34 Å². The van der Waals surface area contributed by atoms with E-state index in [1.807, 2.05) is 0 Å². The molecule has 0 N–H and O–H groups in total. The summed E-state index contributed by atoms with van der Waals surface area (Å²) in [6.45, 7) is 0. The Bertz CT molecular complexity index is 252. The van der Waals surface area contributed by atoms with Gasteiger partial charge in [0.05, 0.1) is 0 Å². The maximum Gasteiger partial charge on any atom is 1.00 e. The van der Waals surface area contributed by atoms with Crippen molar-refractivity contribution in [2.45, 2.75) is 10.8 Å². The van der Waals surface area contributed by atoms with Crippen LogP contribution >= 0.6 is 24.0 Å². The number of aliphatic carboxylic acids is 1. The summed E-state index contributed by atoms with van der Waals surface area (Å²) in [5.74, 6) is -1.15. The van der Waals surface area contributed by atoms with E-state index in [1.54, 1.807) is 0 Å². The summed E-state index contributed by atoms with van der Waals surface area (Å²) in [5.41, 5.74) is 0. The fourth-order valence-corrected chi connectivity index (χ4v) is 1.36. The predicted molar refractivity (Wildman–Crippen MR) is 35.9 cm³/mol. The van der Waals surface area contributed by atoms with Gasteiger partial charge in [-0.1, -0.05) is 11.3 Å². The zero-order valence-corrected chi connectivity index (χ0v) is 9.48. The normalized spacial score (nSPS) is 8.82. The summed E-state index contributed by atoms with van der Waals surface area (Å²) in [6.07, 6.45) is -0.182. The van der Waals surface area contributed by atoms with Crippen molar-refractivity contribution in [3.8, 4) is 0 Å². The number of carbonyl (C=O) groups excluding carboxylic acids is 1. The molecule has 54 valence electrons. The number of aromatic nitrogens is 2. The van der Waals surface area contributed by atoms with Crippen LogP contribution < -0.4 is 34.7 Å². The Morgan fingerprint density at radius 2 is 2.27 bits per heavy atom. The molecule has 0 atom stereocenters. The molecule has 0 spiro atoms. The molecule has 1 rings (SSSR count). The molecular weight excluding hydrogens is 195 g/mol. The van der Waals surface area contributed by atoms with Crippen LogP contribution in [0.1, 0.15) is 5.01 Å². The topological polar surface area (TPSA) is 65.9 Å². The van der Waals surface area contributed by atoms with Crippen molar-refractivity contribution >= 4 is 29.9 Å². The maximum atomic E-state index is 9.98. The van der Waals surface area contributed by atoms with Crippen molar-refractivity contribution in [3.05, 3.63) is 5.01 Å². The van der Waals surface area contributed by atoms with Crippen LogP contribution in [0.5, 0.6) is 0 Å². The molecule has 0 radical (unpaired) electrons. The molecule has 0 aliphatic heterocycles. The van der Waals surface area contributed by atoms with E-state index in [0.717, 1.165) is 11.3 Å². The van der Waals surface area contributed by atoms with Crippen LogP contribution in [0.25, 0.3) is 0 Å². The van der Waals surface area contributed by atoms with Gasteiger partial charge in [-0.25, -0.2) is 0 Å². The molecule has 0 fully saturated rings. The summed E-state index contributed by atoms with van der Waals surface area (Å²) in [5, 5.41) is 17.4. The Kier molecular flexibility index (Phi) is 5.28. The number of hydrogen-bond donors (Lipinski definition) is 1. The van der Waals surface area contributed by atoms with Crippen LogP contribution in [0.3, 0.4) is 0 Å². The van der Waals surface area contributed by atoms with Gasteiger partial charge in [0, 0.05) is 12.4 Å². The molecule has 1 aromatic rings. The summed E-state index contributed by atoms with van der Waals surface area (Å²) in [7, 11) is 0. The van der Waals surface area contributed by atoms with E-state index in [1.165, 1.54) is 0 Å². The van der Waals surface area contributed by atoms with Gasteiger partial charge < -0.3 is 9.90 Å². The molecule has 0 amide bonds. The van der Waals surface area contributed by atoms with E-state index >= 15 is 0 Å². The Morgan fingerprint density at radius 1 is 1.64 bits per heavy atom. The molecule has 0 aliphatic rings. The molecule has 0 unspecified atom stereocenters. The number of carbonyl (C=O) groups is 1. The third-order valence-corrected chi connectivity index (χ3v) is 1.84. The van der Waals surface area contributed by atoms with Gasteiger partial charge >= 0.3 is 29.6 Å². The van der Waals surface area contributed by atoms with Crippen molar-refractivity contribution in [2.75, 3.05) is 0 Å². The quantitative estimate of drug-likeness (QED) is 0.390. The van der Waals surface area contributed by atoms with Crippen LogP contribution in [0, 0.1) is 0 Å². The van der Waals surface area contributed by atoms with Gasteiger partial charge in [-0.2, -0.15) is 0 Å². The molecule has 4 nitrogen and oxygen atoms in total. The number of hydrogen-bond acceptors (Lipinski definition) is 6. The second-order valence-electron chi connectivity index (χ2n) is 1.53. The molecule has 7 heteroatoms. The summed E-state index contributed by atoms with van der Waals surface area (Å²) < 4.78 is 0.469. The van der Waals surface area contributed by atoms with Crippen molar-refractivity contribution in [3.63, 3.8) is 0 Å². The minimum Gasteiger partial charge on any atom is -0.550 e. The zero-order valence-electron chi connectivity index (χ0n) is 5.77. The molecule has 0 bridgehead atoms. The molecule has 0 saturated heterocycles. The van der Waals surface area contributed by atoms with Gasteiger partial charge in [0.25, 0.3) is 0 Å². The first-order valence-corrected chi connectivity index (χ1v) is 3.66. The van der Waals surface area contributed by atoms with Crippen LogP contribution in [-0.4, -0.2) is 16.2 Å². The van der Waals surface area contributed by atoms with Gasteiger partial charge in [0.15, 0.2) is 4.34 Å². The minimum atomic E-state index is -1.15. The minimum absolute atomic E-state index is 0. The van der Waals surface area contributed by atoms with E-state index in [0.29, 0.717) is 9.35 Å². The van der Waals surface area contributed by atoms with E-state index in [4.69, 9.17) is 0 Å². The zero-order chi connectivity index (χ0) is 7.56. The summed E-state index contributed by atoms with van der Waals surface area (Å²) in [6, 6.07) is 0.